The zero-order valence-electron chi connectivity index (χ0n) is 16.0. The molecule has 0 radical (unpaired) electrons. The first kappa shape index (κ1) is 20.9. The molecule has 0 aliphatic rings. The number of anilines is 1. The number of amides is 2. The number of rotatable bonds is 6. The number of aromatic nitrogens is 3. The van der Waals surface area contributed by atoms with E-state index >= 15 is 0 Å². The Labute approximate surface area is 181 Å². The summed E-state index contributed by atoms with van der Waals surface area (Å²) in [7, 11) is 0. The fourth-order valence-electron chi connectivity index (χ4n) is 2.69. The molecule has 7 nitrogen and oxygen atoms in total. The van der Waals surface area contributed by atoms with E-state index < -0.39 is 0 Å². The second-order valence-corrected chi connectivity index (χ2v) is 7.83. The van der Waals surface area contributed by atoms with Crippen molar-refractivity contribution in [3.63, 3.8) is 0 Å². The van der Waals surface area contributed by atoms with Crippen LogP contribution in [0.3, 0.4) is 0 Å². The van der Waals surface area contributed by atoms with Crippen LogP contribution in [0.25, 0.3) is 11.4 Å². The lowest BCUT2D eigenvalue weighted by Gasteiger charge is -2.10. The van der Waals surface area contributed by atoms with Gasteiger partial charge in [0, 0.05) is 15.7 Å². The zero-order valence-corrected chi connectivity index (χ0v) is 18.4. The van der Waals surface area contributed by atoms with E-state index in [0.29, 0.717) is 16.3 Å². The summed E-state index contributed by atoms with van der Waals surface area (Å²) in [4.78, 5) is 24.5. The van der Waals surface area contributed by atoms with Gasteiger partial charge in [-0.25, -0.2) is 0 Å². The fraction of sp³-hybridized carbons (Fsp3) is 0.200. The van der Waals surface area contributed by atoms with E-state index in [4.69, 9.17) is 12.2 Å². The largest absolute Gasteiger partial charge is 0.345 e. The Hall–Kier alpha value is -2.78. The van der Waals surface area contributed by atoms with Gasteiger partial charge in [0.25, 0.3) is 0 Å². The van der Waals surface area contributed by atoms with Crippen LogP contribution < -0.4 is 10.6 Å². The highest BCUT2D eigenvalue weighted by atomic mass is 79.9. The average Bonchev–Trinajstić information content (AvgIpc) is 3.04. The quantitative estimate of drug-likeness (QED) is 0.475. The van der Waals surface area contributed by atoms with Crippen molar-refractivity contribution in [1.82, 2.24) is 20.1 Å². The molecule has 2 aromatic carbocycles. The highest BCUT2D eigenvalue weighted by Crippen LogP contribution is 2.20. The Kier molecular flexibility index (Phi) is 6.60. The molecule has 0 fully saturated rings. The van der Waals surface area contributed by atoms with Gasteiger partial charge in [-0.3, -0.25) is 19.3 Å². The summed E-state index contributed by atoms with van der Waals surface area (Å²) in [6.07, 6.45) is 0. The molecule has 0 bridgehead atoms. The van der Waals surface area contributed by atoms with Gasteiger partial charge >= 0.3 is 0 Å². The van der Waals surface area contributed by atoms with Gasteiger partial charge in [-0.2, -0.15) is 5.10 Å². The summed E-state index contributed by atoms with van der Waals surface area (Å²) in [5, 5.41) is 12.3. The third-order valence-electron chi connectivity index (χ3n) is 4.26. The Morgan fingerprint density at radius 3 is 2.55 bits per heavy atom. The number of benzene rings is 2. The summed E-state index contributed by atoms with van der Waals surface area (Å²) in [5.41, 5.74) is 3.65. The number of H-pyrrole nitrogens is 1. The van der Waals surface area contributed by atoms with Crippen molar-refractivity contribution in [2.75, 3.05) is 11.9 Å². The lowest BCUT2D eigenvalue weighted by molar-refractivity contribution is -0.124. The van der Waals surface area contributed by atoms with Crippen molar-refractivity contribution in [3.05, 3.63) is 62.8 Å². The molecule has 0 aliphatic carbocycles. The lowest BCUT2D eigenvalue weighted by Crippen LogP contribution is -2.35. The molecule has 0 saturated heterocycles. The first-order valence-electron chi connectivity index (χ1n) is 8.88. The number of halogens is 1. The second-order valence-electron chi connectivity index (χ2n) is 6.59. The van der Waals surface area contributed by atoms with Crippen LogP contribution in [0.2, 0.25) is 0 Å². The number of carbonyl (C=O) groups excluding carboxylic acids is 2. The Bertz CT molecular complexity index is 1100. The maximum absolute atomic E-state index is 12.3. The van der Waals surface area contributed by atoms with Crippen LogP contribution in [0.1, 0.15) is 11.1 Å². The van der Waals surface area contributed by atoms with E-state index in [1.54, 1.807) is 10.6 Å². The molecule has 150 valence electrons. The van der Waals surface area contributed by atoms with Crippen LogP contribution in [-0.4, -0.2) is 33.1 Å². The molecule has 3 rings (SSSR count). The summed E-state index contributed by atoms with van der Waals surface area (Å²) in [5.74, 6) is -0.0763. The normalized spacial score (nSPS) is 10.6. The van der Waals surface area contributed by atoms with Crippen LogP contribution >= 0.6 is 28.1 Å². The van der Waals surface area contributed by atoms with E-state index in [0.717, 1.165) is 21.2 Å². The number of aromatic amines is 1. The lowest BCUT2D eigenvalue weighted by atomic mass is 10.1. The van der Waals surface area contributed by atoms with Crippen molar-refractivity contribution in [1.29, 1.82) is 0 Å². The van der Waals surface area contributed by atoms with Crippen LogP contribution in [0.5, 0.6) is 0 Å². The molecule has 3 aromatic rings. The first-order chi connectivity index (χ1) is 13.8. The molecule has 0 aliphatic heterocycles. The molecule has 1 heterocycles. The van der Waals surface area contributed by atoms with Crippen molar-refractivity contribution in [2.45, 2.75) is 20.4 Å². The summed E-state index contributed by atoms with van der Waals surface area (Å²) in [6.45, 7) is 3.75. The SMILES string of the molecule is Cc1ccc(-c2n[nH]c(=S)n2CC(=O)NCC(=O)Nc2ccc(Br)c(C)c2)cc1. The fourth-order valence-corrected chi connectivity index (χ4v) is 3.14. The molecule has 0 spiro atoms. The maximum atomic E-state index is 12.3. The van der Waals surface area contributed by atoms with Gasteiger partial charge in [-0.05, 0) is 49.8 Å². The first-order valence-corrected chi connectivity index (χ1v) is 10.1. The maximum Gasteiger partial charge on any atom is 0.243 e. The van der Waals surface area contributed by atoms with Crippen LogP contribution in [-0.2, 0) is 16.1 Å². The average molecular weight is 474 g/mol. The Morgan fingerprint density at radius 1 is 1.14 bits per heavy atom. The van der Waals surface area contributed by atoms with Gasteiger partial charge in [-0.1, -0.05) is 45.8 Å². The van der Waals surface area contributed by atoms with Gasteiger partial charge in [-0.15, -0.1) is 0 Å². The van der Waals surface area contributed by atoms with Gasteiger partial charge in [0.05, 0.1) is 6.54 Å². The second kappa shape index (κ2) is 9.15. The van der Waals surface area contributed by atoms with E-state index in [1.807, 2.05) is 50.2 Å². The minimum atomic E-state index is -0.335. The van der Waals surface area contributed by atoms with E-state index in [-0.39, 0.29) is 24.9 Å². The molecule has 29 heavy (non-hydrogen) atoms. The highest BCUT2D eigenvalue weighted by Gasteiger charge is 2.13. The van der Waals surface area contributed by atoms with Crippen molar-refractivity contribution >= 4 is 45.6 Å². The van der Waals surface area contributed by atoms with Crippen molar-refractivity contribution < 1.29 is 9.59 Å². The minimum absolute atomic E-state index is 0.0385. The molecular formula is C20H20BrN5O2S. The van der Waals surface area contributed by atoms with Crippen molar-refractivity contribution in [2.24, 2.45) is 0 Å². The van der Waals surface area contributed by atoms with E-state index in [2.05, 4.69) is 36.8 Å². The number of hydrogen-bond acceptors (Lipinski definition) is 4. The van der Waals surface area contributed by atoms with E-state index in [1.165, 1.54) is 0 Å². The molecule has 1 aromatic heterocycles. The van der Waals surface area contributed by atoms with Crippen molar-refractivity contribution in [3.8, 4) is 11.4 Å². The monoisotopic (exact) mass is 473 g/mol. The van der Waals surface area contributed by atoms with Gasteiger partial charge in [0.1, 0.15) is 6.54 Å². The molecule has 0 unspecified atom stereocenters. The highest BCUT2D eigenvalue weighted by molar-refractivity contribution is 9.10. The minimum Gasteiger partial charge on any atom is -0.345 e. The summed E-state index contributed by atoms with van der Waals surface area (Å²) in [6, 6.07) is 13.3. The molecule has 3 N–H and O–H groups in total. The summed E-state index contributed by atoms with van der Waals surface area (Å²) >= 11 is 8.66. The third kappa shape index (κ3) is 5.39. The number of nitrogens with zero attached hydrogens (tertiary/aromatic N) is 2. The third-order valence-corrected chi connectivity index (χ3v) is 5.46. The molecule has 0 saturated carbocycles. The van der Waals surface area contributed by atoms with E-state index in [9.17, 15) is 9.59 Å². The molecule has 2 amide bonds. The van der Waals surface area contributed by atoms with Gasteiger partial charge in [0.2, 0.25) is 11.8 Å². The number of nitrogens with one attached hydrogen (secondary N) is 3. The predicted octanol–water partition coefficient (Wildman–Crippen LogP) is 3.74. The number of carbonyl (C=O) groups is 2. The van der Waals surface area contributed by atoms with Crippen LogP contribution in [0.4, 0.5) is 5.69 Å². The van der Waals surface area contributed by atoms with Gasteiger partial charge < -0.3 is 10.6 Å². The number of aryl methyl sites for hydroxylation is 2. The topological polar surface area (TPSA) is 91.8 Å². The van der Waals surface area contributed by atoms with Crippen LogP contribution in [0, 0.1) is 18.6 Å². The Morgan fingerprint density at radius 2 is 1.86 bits per heavy atom. The molecule has 9 heteroatoms. The number of hydrogen-bond donors (Lipinski definition) is 3. The Balaban J connectivity index is 1.60. The molecular weight excluding hydrogens is 454 g/mol. The molecule has 0 atom stereocenters. The zero-order chi connectivity index (χ0) is 21.0. The summed E-state index contributed by atoms with van der Waals surface area (Å²) < 4.78 is 2.90. The standard InChI is InChI=1S/C20H20BrN5O2S/c1-12-3-5-14(6-4-12)19-24-25-20(29)26(19)11-18(28)22-10-17(27)23-15-7-8-16(21)13(2)9-15/h3-9H,10-11H2,1-2H3,(H,22,28)(H,23,27)(H,25,29). The van der Waals surface area contributed by atoms with Crippen LogP contribution in [0.15, 0.2) is 46.9 Å². The smallest absolute Gasteiger partial charge is 0.243 e. The van der Waals surface area contributed by atoms with Gasteiger partial charge in [0.15, 0.2) is 10.6 Å². The predicted molar refractivity (Wildman–Crippen MR) is 118 cm³/mol.